The zero-order valence-electron chi connectivity index (χ0n) is 11.5. The maximum Gasteiger partial charge on any atom is 0.240 e. The van der Waals surface area contributed by atoms with Gasteiger partial charge < -0.3 is 10.6 Å². The van der Waals surface area contributed by atoms with Crippen LogP contribution in [-0.4, -0.2) is 23.5 Å². The monoisotopic (exact) mass is 258 g/mol. The Hall–Kier alpha value is -1.35. The van der Waals surface area contributed by atoms with Gasteiger partial charge in [0.1, 0.15) is 0 Å². The maximum atomic E-state index is 12.5. The Morgan fingerprint density at radius 1 is 1.16 bits per heavy atom. The lowest BCUT2D eigenvalue weighted by Gasteiger charge is -2.44. The first-order valence-corrected chi connectivity index (χ1v) is 7.24. The molecule has 0 radical (unpaired) electrons. The van der Waals surface area contributed by atoms with Gasteiger partial charge in [-0.1, -0.05) is 43.2 Å². The third-order valence-corrected chi connectivity index (χ3v) is 4.66. The Morgan fingerprint density at radius 2 is 1.84 bits per heavy atom. The predicted octanol–water partition coefficient (Wildman–Crippen LogP) is 2.02. The van der Waals surface area contributed by atoms with Crippen LogP contribution in [0.25, 0.3) is 0 Å². The molecule has 1 aliphatic heterocycles. The molecule has 0 aromatic heterocycles. The lowest BCUT2D eigenvalue weighted by molar-refractivity contribution is -0.132. The van der Waals surface area contributed by atoms with Crippen LogP contribution in [0.1, 0.15) is 38.2 Å². The van der Waals surface area contributed by atoms with Crippen LogP contribution in [0.4, 0.5) is 0 Å². The van der Waals surface area contributed by atoms with E-state index in [0.29, 0.717) is 0 Å². The third kappa shape index (κ3) is 2.39. The number of nitrogens with one attached hydrogen (secondary N) is 2. The number of carbonyl (C=O) groups is 1. The molecule has 1 unspecified atom stereocenters. The van der Waals surface area contributed by atoms with Crippen molar-refractivity contribution in [1.29, 1.82) is 0 Å². The van der Waals surface area contributed by atoms with Crippen molar-refractivity contribution >= 4 is 5.91 Å². The molecule has 2 aliphatic rings. The molecule has 1 spiro atoms. The molecule has 1 saturated carbocycles. The van der Waals surface area contributed by atoms with Crippen LogP contribution in [-0.2, 0) is 11.2 Å². The topological polar surface area (TPSA) is 41.1 Å². The highest BCUT2D eigenvalue weighted by molar-refractivity contribution is 5.88. The molecule has 2 fully saturated rings. The maximum absolute atomic E-state index is 12.5. The molecule has 3 nitrogen and oxygen atoms in total. The van der Waals surface area contributed by atoms with Crippen molar-refractivity contribution in [2.45, 2.75) is 50.1 Å². The summed E-state index contributed by atoms with van der Waals surface area (Å²) in [6, 6.07) is 10.2. The zero-order valence-corrected chi connectivity index (χ0v) is 11.5. The van der Waals surface area contributed by atoms with Crippen molar-refractivity contribution in [1.82, 2.24) is 10.6 Å². The number of rotatable bonds is 2. The molecule has 19 heavy (non-hydrogen) atoms. The quantitative estimate of drug-likeness (QED) is 0.852. The lowest BCUT2D eigenvalue weighted by Crippen LogP contribution is -2.71. The van der Waals surface area contributed by atoms with Crippen LogP contribution in [0.2, 0.25) is 0 Å². The van der Waals surface area contributed by atoms with Gasteiger partial charge in [0.15, 0.2) is 0 Å². The molecule has 2 N–H and O–H groups in total. The molecule has 3 rings (SSSR count). The summed E-state index contributed by atoms with van der Waals surface area (Å²) < 4.78 is 0. The van der Waals surface area contributed by atoms with Gasteiger partial charge in [0.2, 0.25) is 5.91 Å². The van der Waals surface area contributed by atoms with E-state index in [1.807, 2.05) is 25.1 Å². The summed E-state index contributed by atoms with van der Waals surface area (Å²) in [6.07, 6.45) is 5.45. The molecule has 1 amide bonds. The van der Waals surface area contributed by atoms with Crippen LogP contribution in [0, 0.1) is 0 Å². The Balaban J connectivity index is 1.73. The van der Waals surface area contributed by atoms with E-state index in [1.165, 1.54) is 18.4 Å². The van der Waals surface area contributed by atoms with Gasteiger partial charge in [-0.15, -0.1) is 0 Å². The van der Waals surface area contributed by atoms with Crippen LogP contribution in [0.5, 0.6) is 0 Å². The van der Waals surface area contributed by atoms with Crippen LogP contribution in [0.3, 0.4) is 0 Å². The fourth-order valence-electron chi connectivity index (χ4n) is 3.37. The Labute approximate surface area is 114 Å². The van der Waals surface area contributed by atoms with Crippen molar-refractivity contribution in [2.24, 2.45) is 0 Å². The molecule has 1 atom stereocenters. The minimum atomic E-state index is -0.477. The van der Waals surface area contributed by atoms with Crippen molar-refractivity contribution < 1.29 is 4.79 Å². The third-order valence-electron chi connectivity index (χ3n) is 4.66. The smallest absolute Gasteiger partial charge is 0.240 e. The molecule has 1 saturated heterocycles. The first-order chi connectivity index (χ1) is 9.12. The number of benzene rings is 1. The summed E-state index contributed by atoms with van der Waals surface area (Å²) >= 11 is 0. The second-order valence-electron chi connectivity index (χ2n) is 6.29. The summed E-state index contributed by atoms with van der Waals surface area (Å²) in [4.78, 5) is 12.5. The number of hydrogen-bond acceptors (Lipinski definition) is 2. The average Bonchev–Trinajstić information content (AvgIpc) is 2.85. The second-order valence-corrected chi connectivity index (χ2v) is 6.29. The van der Waals surface area contributed by atoms with Gasteiger partial charge in [-0.25, -0.2) is 0 Å². The van der Waals surface area contributed by atoms with E-state index >= 15 is 0 Å². The van der Waals surface area contributed by atoms with E-state index in [2.05, 4.69) is 22.8 Å². The highest BCUT2D eigenvalue weighted by atomic mass is 16.2. The van der Waals surface area contributed by atoms with Crippen molar-refractivity contribution in [3.63, 3.8) is 0 Å². The van der Waals surface area contributed by atoms with E-state index in [4.69, 9.17) is 0 Å². The van der Waals surface area contributed by atoms with Crippen LogP contribution >= 0.6 is 0 Å². The molecule has 0 bridgehead atoms. The molecule has 1 aromatic rings. The fraction of sp³-hybridized carbons (Fsp3) is 0.562. The molecular weight excluding hydrogens is 236 g/mol. The van der Waals surface area contributed by atoms with Crippen molar-refractivity contribution in [3.05, 3.63) is 35.9 Å². The minimum absolute atomic E-state index is 0.0350. The van der Waals surface area contributed by atoms with Gasteiger partial charge in [0.05, 0.1) is 11.1 Å². The first-order valence-electron chi connectivity index (χ1n) is 7.24. The second kappa shape index (κ2) is 4.64. The van der Waals surface area contributed by atoms with E-state index in [-0.39, 0.29) is 11.4 Å². The van der Waals surface area contributed by atoms with Gasteiger partial charge in [-0.05, 0) is 31.7 Å². The summed E-state index contributed by atoms with van der Waals surface area (Å²) in [5, 5.41) is 6.82. The summed E-state index contributed by atoms with van der Waals surface area (Å²) in [7, 11) is 0. The number of piperazine rings is 1. The number of hydrogen-bond donors (Lipinski definition) is 2. The van der Waals surface area contributed by atoms with Gasteiger partial charge in [0, 0.05) is 6.54 Å². The average molecular weight is 258 g/mol. The highest BCUT2D eigenvalue weighted by Gasteiger charge is 2.46. The van der Waals surface area contributed by atoms with Crippen molar-refractivity contribution in [3.8, 4) is 0 Å². The van der Waals surface area contributed by atoms with E-state index in [1.54, 1.807) is 0 Å². The van der Waals surface area contributed by atoms with Crippen molar-refractivity contribution in [2.75, 3.05) is 6.54 Å². The minimum Gasteiger partial charge on any atom is -0.348 e. The molecule has 1 heterocycles. The summed E-state index contributed by atoms with van der Waals surface area (Å²) in [5.41, 5.74) is 0.762. The molecular formula is C16H22N2O. The molecule has 102 valence electrons. The van der Waals surface area contributed by atoms with Crippen LogP contribution < -0.4 is 10.6 Å². The van der Waals surface area contributed by atoms with Gasteiger partial charge >= 0.3 is 0 Å². The number of amides is 1. The highest BCUT2D eigenvalue weighted by Crippen LogP contribution is 2.33. The fourth-order valence-corrected chi connectivity index (χ4v) is 3.37. The Bertz CT molecular complexity index is 465. The molecule has 1 aliphatic carbocycles. The summed E-state index contributed by atoms with van der Waals surface area (Å²) in [6.45, 7) is 2.92. The van der Waals surface area contributed by atoms with E-state index in [9.17, 15) is 4.79 Å². The lowest BCUT2D eigenvalue weighted by atomic mass is 9.84. The summed E-state index contributed by atoms with van der Waals surface area (Å²) in [5.74, 6) is 0.157. The predicted molar refractivity (Wildman–Crippen MR) is 75.9 cm³/mol. The molecule has 3 heteroatoms. The van der Waals surface area contributed by atoms with E-state index in [0.717, 1.165) is 25.8 Å². The van der Waals surface area contributed by atoms with Gasteiger partial charge in [-0.2, -0.15) is 0 Å². The number of carbonyl (C=O) groups excluding carboxylic acids is 1. The first kappa shape index (κ1) is 12.7. The molecule has 1 aromatic carbocycles. The zero-order chi connectivity index (χ0) is 13.3. The Kier molecular flexibility index (Phi) is 3.09. The normalized spacial score (nSPS) is 29.4. The van der Waals surface area contributed by atoms with Gasteiger partial charge in [-0.3, -0.25) is 4.79 Å². The Morgan fingerprint density at radius 3 is 2.47 bits per heavy atom. The largest absolute Gasteiger partial charge is 0.348 e. The standard InChI is InChI=1S/C16H22N2O/c1-15(11-13-7-3-2-4-8-13)14(19)18-16(12-17-15)9-5-6-10-16/h2-4,7-8,17H,5-6,9-12H2,1H3,(H,18,19). The SMILES string of the molecule is CC1(Cc2ccccc2)NCC2(CCCC2)NC1=O. The van der Waals surface area contributed by atoms with E-state index < -0.39 is 5.54 Å². The van der Waals surface area contributed by atoms with Gasteiger partial charge in [0.25, 0.3) is 0 Å². The van der Waals surface area contributed by atoms with Crippen LogP contribution in [0.15, 0.2) is 30.3 Å².